The predicted octanol–water partition coefficient (Wildman–Crippen LogP) is 4.25. The third kappa shape index (κ3) is 3.80. The summed E-state index contributed by atoms with van der Waals surface area (Å²) >= 11 is 0. The Morgan fingerprint density at radius 1 is 1.18 bits per heavy atom. The van der Waals surface area contributed by atoms with Gasteiger partial charge in [-0.2, -0.15) is 5.10 Å². The van der Waals surface area contributed by atoms with Crippen LogP contribution in [0.3, 0.4) is 0 Å². The molecule has 33 heavy (non-hydrogen) atoms. The number of aromatic nitrogens is 3. The number of carbonyl (C=O) groups excluding carboxylic acids is 1. The number of nitrogens with two attached hydrogens (primary N) is 1. The number of rotatable bonds is 5. The molecule has 2 heterocycles. The van der Waals surface area contributed by atoms with Gasteiger partial charge in [-0.25, -0.2) is 5.10 Å². The van der Waals surface area contributed by atoms with Crippen molar-refractivity contribution in [2.75, 3.05) is 5.73 Å². The first kappa shape index (κ1) is 21.0. The molecule has 1 amide bonds. The zero-order chi connectivity index (χ0) is 23.1. The fraction of sp³-hybridized carbons (Fsp3) is 0.269. The highest BCUT2D eigenvalue weighted by molar-refractivity contribution is 6.02. The second-order valence-electron chi connectivity index (χ2n) is 8.89. The molecule has 0 aliphatic heterocycles. The van der Waals surface area contributed by atoms with E-state index in [1.165, 1.54) is 6.42 Å². The lowest BCUT2D eigenvalue weighted by Crippen LogP contribution is -2.23. The molecule has 0 radical (unpaired) electrons. The number of carbonyl (C=O) groups is 1. The molecule has 1 fully saturated rings. The summed E-state index contributed by atoms with van der Waals surface area (Å²) in [6.45, 7) is 4.35. The normalized spacial score (nSPS) is 13.8. The Morgan fingerprint density at radius 2 is 1.94 bits per heavy atom. The van der Waals surface area contributed by atoms with Crippen LogP contribution in [0, 0.1) is 13.8 Å². The Morgan fingerprint density at radius 3 is 2.64 bits per heavy atom. The van der Waals surface area contributed by atoms with Crippen molar-refractivity contribution in [3.63, 3.8) is 0 Å². The maximum Gasteiger partial charge on any atom is 0.288 e. The third-order valence-corrected chi connectivity index (χ3v) is 6.61. The highest BCUT2D eigenvalue weighted by Crippen LogP contribution is 2.39. The number of aryl methyl sites for hydroxylation is 2. The minimum atomic E-state index is -0.219. The summed E-state index contributed by atoms with van der Waals surface area (Å²) < 4.78 is 2.06. The fourth-order valence-corrected chi connectivity index (χ4v) is 4.47. The average Bonchev–Trinajstić information content (AvgIpc) is 3.17. The van der Waals surface area contributed by atoms with Gasteiger partial charge in [0, 0.05) is 29.9 Å². The first-order valence-electron chi connectivity index (χ1n) is 11.3. The van der Waals surface area contributed by atoms with Gasteiger partial charge in [-0.3, -0.25) is 9.59 Å². The number of nitrogen functional groups attached to an aromatic ring is 1. The van der Waals surface area contributed by atoms with E-state index in [0.717, 1.165) is 40.7 Å². The fourth-order valence-electron chi connectivity index (χ4n) is 4.47. The van der Waals surface area contributed by atoms with Crippen LogP contribution in [0.2, 0.25) is 0 Å². The molecule has 1 aliphatic carbocycles. The van der Waals surface area contributed by atoms with Gasteiger partial charge in [0.1, 0.15) is 5.52 Å². The lowest BCUT2D eigenvalue weighted by atomic mass is 9.93. The molecule has 1 saturated carbocycles. The molecule has 0 unspecified atom stereocenters. The van der Waals surface area contributed by atoms with Gasteiger partial charge >= 0.3 is 0 Å². The summed E-state index contributed by atoms with van der Waals surface area (Å²) in [5, 5.41) is 10.2. The van der Waals surface area contributed by atoms with Gasteiger partial charge in [0.05, 0.1) is 5.39 Å². The highest BCUT2D eigenvalue weighted by atomic mass is 16.1. The van der Waals surface area contributed by atoms with Crippen LogP contribution in [0.15, 0.2) is 53.5 Å². The molecule has 0 saturated heterocycles. The molecule has 5 rings (SSSR count). The molecule has 2 aromatic heterocycles. The summed E-state index contributed by atoms with van der Waals surface area (Å²) in [7, 11) is 0. The van der Waals surface area contributed by atoms with Gasteiger partial charge in [-0.1, -0.05) is 42.0 Å². The van der Waals surface area contributed by atoms with Gasteiger partial charge in [0.15, 0.2) is 5.82 Å². The largest absolute Gasteiger partial charge is 0.382 e. The number of hydrogen-bond donors (Lipinski definition) is 3. The third-order valence-electron chi connectivity index (χ3n) is 6.61. The van der Waals surface area contributed by atoms with Crippen LogP contribution in [-0.4, -0.2) is 20.7 Å². The molecule has 7 heteroatoms. The van der Waals surface area contributed by atoms with Gasteiger partial charge in [-0.15, -0.1) is 0 Å². The van der Waals surface area contributed by atoms with Crippen molar-refractivity contribution < 1.29 is 4.79 Å². The lowest BCUT2D eigenvalue weighted by molar-refractivity contribution is 0.0950. The standard InChI is InChI=1S/C26H27N5O2/c1-15-6-7-16(2)20(12-15)25(32)28-13-17-8-10-18(11-9-17)21-14-31(19-4-3-5-19)23-22(21)24(27)29-30-26(23)33/h6-12,14,19H,3-5,13H2,1-2H3,(H2,27,29)(H,28,32)(H,30,33). The molecule has 7 nitrogen and oxygen atoms in total. The summed E-state index contributed by atoms with van der Waals surface area (Å²) in [6, 6.07) is 14.2. The smallest absolute Gasteiger partial charge is 0.288 e. The number of nitrogens with zero attached hydrogens (tertiary/aromatic N) is 2. The quantitative estimate of drug-likeness (QED) is 0.431. The van der Waals surface area contributed by atoms with Crippen molar-refractivity contribution in [2.45, 2.75) is 45.7 Å². The first-order chi connectivity index (χ1) is 15.9. The minimum absolute atomic E-state index is 0.0816. The summed E-state index contributed by atoms with van der Waals surface area (Å²) in [4.78, 5) is 25.2. The van der Waals surface area contributed by atoms with Gasteiger partial charge < -0.3 is 15.6 Å². The number of fused-ring (bicyclic) bond motifs is 1. The second kappa shape index (κ2) is 8.24. The lowest BCUT2D eigenvalue weighted by Gasteiger charge is -2.27. The van der Waals surface area contributed by atoms with Crippen molar-refractivity contribution in [1.82, 2.24) is 20.1 Å². The molecule has 1 aliphatic rings. The van der Waals surface area contributed by atoms with E-state index < -0.39 is 0 Å². The number of anilines is 1. The van der Waals surface area contributed by atoms with Gasteiger partial charge in [0.2, 0.25) is 0 Å². The topological polar surface area (TPSA) is 106 Å². The van der Waals surface area contributed by atoms with Crippen LogP contribution in [0.1, 0.15) is 52.4 Å². The number of aromatic amines is 1. The molecule has 0 bridgehead atoms. The van der Waals surface area contributed by atoms with Crippen LogP contribution >= 0.6 is 0 Å². The predicted molar refractivity (Wildman–Crippen MR) is 130 cm³/mol. The van der Waals surface area contributed by atoms with Crippen LogP contribution in [0.5, 0.6) is 0 Å². The Kier molecular flexibility index (Phi) is 5.24. The van der Waals surface area contributed by atoms with E-state index >= 15 is 0 Å². The van der Waals surface area contributed by atoms with Gasteiger partial charge in [0.25, 0.3) is 11.5 Å². The summed E-state index contributed by atoms with van der Waals surface area (Å²) in [5.74, 6) is 0.240. The van der Waals surface area contributed by atoms with Gasteiger partial charge in [-0.05, 0) is 55.9 Å². The molecule has 2 aromatic carbocycles. The van der Waals surface area contributed by atoms with Crippen LogP contribution < -0.4 is 16.6 Å². The maximum atomic E-state index is 12.6. The van der Waals surface area contributed by atoms with Crippen molar-refractivity contribution in [1.29, 1.82) is 0 Å². The molecule has 0 spiro atoms. The molecule has 168 valence electrons. The van der Waals surface area contributed by atoms with Crippen LogP contribution in [0.25, 0.3) is 22.0 Å². The number of hydrogen-bond acceptors (Lipinski definition) is 4. The number of amides is 1. The average molecular weight is 442 g/mol. The second-order valence-corrected chi connectivity index (χ2v) is 8.89. The molecule has 4 N–H and O–H groups in total. The zero-order valence-electron chi connectivity index (χ0n) is 18.8. The van der Waals surface area contributed by atoms with E-state index in [0.29, 0.717) is 34.9 Å². The van der Waals surface area contributed by atoms with E-state index in [4.69, 9.17) is 5.73 Å². The SMILES string of the molecule is Cc1ccc(C)c(C(=O)NCc2ccc(-c3cn(C4CCC4)c4c(=O)[nH]nc(N)c34)cc2)c1. The molecular weight excluding hydrogens is 414 g/mol. The number of H-pyrrole nitrogens is 1. The van der Waals surface area contributed by atoms with E-state index in [2.05, 4.69) is 20.1 Å². The Balaban J connectivity index is 1.41. The van der Waals surface area contributed by atoms with E-state index in [9.17, 15) is 9.59 Å². The Labute approximate surface area is 191 Å². The zero-order valence-corrected chi connectivity index (χ0v) is 18.8. The van der Waals surface area contributed by atoms with Crippen LogP contribution in [0.4, 0.5) is 5.82 Å². The number of nitrogens with one attached hydrogen (secondary N) is 2. The van der Waals surface area contributed by atoms with Crippen molar-refractivity contribution in [3.05, 3.63) is 81.3 Å². The van der Waals surface area contributed by atoms with Crippen LogP contribution in [-0.2, 0) is 6.54 Å². The van der Waals surface area contributed by atoms with Crippen molar-refractivity contribution in [2.24, 2.45) is 0 Å². The van der Waals surface area contributed by atoms with E-state index in [1.807, 2.05) is 62.5 Å². The Hall–Kier alpha value is -3.87. The molecule has 0 atom stereocenters. The monoisotopic (exact) mass is 441 g/mol. The van der Waals surface area contributed by atoms with Crippen molar-refractivity contribution >= 4 is 22.6 Å². The number of benzene rings is 2. The first-order valence-corrected chi connectivity index (χ1v) is 11.3. The van der Waals surface area contributed by atoms with Crippen molar-refractivity contribution in [3.8, 4) is 11.1 Å². The summed E-state index contributed by atoms with van der Waals surface area (Å²) in [6.07, 6.45) is 5.31. The maximum absolute atomic E-state index is 12.6. The minimum Gasteiger partial charge on any atom is -0.382 e. The Bertz CT molecular complexity index is 1410. The van der Waals surface area contributed by atoms with E-state index in [1.54, 1.807) is 0 Å². The van der Waals surface area contributed by atoms with E-state index in [-0.39, 0.29) is 11.5 Å². The highest BCUT2D eigenvalue weighted by Gasteiger charge is 2.25. The molecular formula is C26H27N5O2. The summed E-state index contributed by atoms with van der Waals surface area (Å²) in [5.41, 5.74) is 12.1. The molecule has 4 aromatic rings.